The third-order valence-corrected chi connectivity index (χ3v) is 3.68. The van der Waals surface area contributed by atoms with E-state index in [2.05, 4.69) is 10.5 Å². The molecule has 2 aromatic carbocycles. The first kappa shape index (κ1) is 17.2. The van der Waals surface area contributed by atoms with Crippen molar-refractivity contribution in [3.05, 3.63) is 69.5 Å². The van der Waals surface area contributed by atoms with Gasteiger partial charge in [0.05, 0.1) is 16.3 Å². The summed E-state index contributed by atoms with van der Waals surface area (Å²) in [6, 6.07) is 10.9. The van der Waals surface area contributed by atoms with Crippen LogP contribution in [0.4, 0.5) is 4.39 Å². The summed E-state index contributed by atoms with van der Waals surface area (Å²) < 4.78 is 12.7. The van der Waals surface area contributed by atoms with Gasteiger partial charge in [0.1, 0.15) is 5.82 Å². The third kappa shape index (κ3) is 5.54. The highest BCUT2D eigenvalue weighted by Gasteiger charge is 2.03. The maximum absolute atomic E-state index is 12.7. The molecular weight excluding hydrogens is 342 g/mol. The molecule has 1 amide bonds. The number of hydrogen-bond donors (Lipinski definition) is 1. The van der Waals surface area contributed by atoms with E-state index >= 15 is 0 Å². The molecule has 0 unspecified atom stereocenters. The highest BCUT2D eigenvalue weighted by Crippen LogP contribution is 2.24. The number of oxime groups is 1. The Morgan fingerprint density at radius 2 is 1.96 bits per heavy atom. The topological polar surface area (TPSA) is 50.7 Å². The Morgan fingerprint density at radius 1 is 1.22 bits per heavy atom. The van der Waals surface area contributed by atoms with E-state index in [4.69, 9.17) is 28.0 Å². The number of carbonyl (C=O) groups excluding carboxylic acids is 1. The van der Waals surface area contributed by atoms with Crippen molar-refractivity contribution in [1.29, 1.82) is 0 Å². The normalized spacial score (nSPS) is 10.7. The van der Waals surface area contributed by atoms with Crippen molar-refractivity contribution >= 4 is 35.3 Å². The van der Waals surface area contributed by atoms with Crippen LogP contribution < -0.4 is 5.32 Å². The molecule has 23 heavy (non-hydrogen) atoms. The van der Waals surface area contributed by atoms with E-state index in [1.807, 2.05) is 0 Å². The molecule has 2 aromatic rings. The Labute approximate surface area is 142 Å². The van der Waals surface area contributed by atoms with E-state index < -0.39 is 0 Å². The summed E-state index contributed by atoms with van der Waals surface area (Å²) in [5.41, 5.74) is 1.37. The van der Waals surface area contributed by atoms with Crippen molar-refractivity contribution in [2.45, 2.75) is 6.54 Å². The summed E-state index contributed by atoms with van der Waals surface area (Å²) in [5, 5.41) is 7.07. The minimum absolute atomic E-state index is 0.240. The number of hydrogen-bond acceptors (Lipinski definition) is 3. The number of benzene rings is 2. The Hall–Kier alpha value is -2.11. The minimum Gasteiger partial charge on any atom is -0.386 e. The number of carbonyl (C=O) groups is 1. The fourth-order valence-electron chi connectivity index (χ4n) is 1.66. The van der Waals surface area contributed by atoms with Gasteiger partial charge in [-0.15, -0.1) is 0 Å². The number of amides is 1. The van der Waals surface area contributed by atoms with Crippen LogP contribution in [0.5, 0.6) is 0 Å². The van der Waals surface area contributed by atoms with Gasteiger partial charge in [0, 0.05) is 12.1 Å². The molecule has 4 nitrogen and oxygen atoms in total. The van der Waals surface area contributed by atoms with Crippen LogP contribution in [0, 0.1) is 5.82 Å². The predicted molar refractivity (Wildman–Crippen MR) is 88.3 cm³/mol. The fraction of sp³-hybridized carbons (Fsp3) is 0.125. The van der Waals surface area contributed by atoms with Crippen molar-refractivity contribution in [2.24, 2.45) is 5.16 Å². The molecule has 0 aliphatic heterocycles. The van der Waals surface area contributed by atoms with E-state index in [0.717, 1.165) is 5.56 Å². The van der Waals surface area contributed by atoms with Crippen LogP contribution in [0.3, 0.4) is 0 Å². The molecule has 0 spiro atoms. The summed E-state index contributed by atoms with van der Waals surface area (Å²) in [6.45, 7) is 0.0438. The van der Waals surface area contributed by atoms with Gasteiger partial charge < -0.3 is 10.2 Å². The molecule has 0 aliphatic rings. The largest absolute Gasteiger partial charge is 0.386 e. The van der Waals surface area contributed by atoms with Crippen LogP contribution in [-0.2, 0) is 16.2 Å². The molecule has 7 heteroatoms. The maximum Gasteiger partial charge on any atom is 0.261 e. The van der Waals surface area contributed by atoms with Gasteiger partial charge in [-0.2, -0.15) is 0 Å². The van der Waals surface area contributed by atoms with E-state index in [-0.39, 0.29) is 24.9 Å². The van der Waals surface area contributed by atoms with Crippen molar-refractivity contribution in [3.63, 3.8) is 0 Å². The van der Waals surface area contributed by atoms with E-state index in [0.29, 0.717) is 15.6 Å². The van der Waals surface area contributed by atoms with Crippen LogP contribution in [0.2, 0.25) is 10.0 Å². The second-order valence-corrected chi connectivity index (χ2v) is 5.34. The van der Waals surface area contributed by atoms with E-state index in [1.165, 1.54) is 18.3 Å². The Kier molecular flexibility index (Phi) is 6.38. The van der Waals surface area contributed by atoms with Gasteiger partial charge in [0.25, 0.3) is 5.91 Å². The SMILES string of the molecule is O=C(CO/N=C\c1cccc(Cl)c1Cl)NCc1ccc(F)cc1. The van der Waals surface area contributed by atoms with Gasteiger partial charge in [-0.25, -0.2) is 4.39 Å². The molecule has 0 aromatic heterocycles. The molecule has 0 saturated carbocycles. The standard InChI is InChI=1S/C16H13Cl2FN2O2/c17-14-3-1-2-12(16(14)18)9-21-23-10-15(22)20-8-11-4-6-13(19)7-5-11/h1-7,9H,8,10H2,(H,20,22)/b21-9-. The highest BCUT2D eigenvalue weighted by atomic mass is 35.5. The van der Waals surface area contributed by atoms with Crippen molar-refractivity contribution in [1.82, 2.24) is 5.32 Å². The first-order valence-corrected chi connectivity index (χ1v) is 7.42. The molecule has 0 heterocycles. The number of nitrogens with one attached hydrogen (secondary N) is 1. The maximum atomic E-state index is 12.7. The van der Waals surface area contributed by atoms with Gasteiger partial charge >= 0.3 is 0 Å². The fourth-order valence-corrected chi connectivity index (χ4v) is 2.02. The summed E-state index contributed by atoms with van der Waals surface area (Å²) >= 11 is 11.8. The summed E-state index contributed by atoms with van der Waals surface area (Å²) in [5.74, 6) is -0.666. The Morgan fingerprint density at radius 3 is 2.70 bits per heavy atom. The van der Waals surface area contributed by atoms with Gasteiger partial charge in [-0.3, -0.25) is 4.79 Å². The average Bonchev–Trinajstić information content (AvgIpc) is 2.55. The van der Waals surface area contributed by atoms with Crippen LogP contribution in [-0.4, -0.2) is 18.7 Å². The zero-order valence-corrected chi connectivity index (χ0v) is 13.4. The molecule has 0 radical (unpaired) electrons. The molecule has 120 valence electrons. The van der Waals surface area contributed by atoms with Crippen LogP contribution >= 0.6 is 23.2 Å². The monoisotopic (exact) mass is 354 g/mol. The first-order valence-electron chi connectivity index (χ1n) is 6.67. The molecule has 0 bridgehead atoms. The van der Waals surface area contributed by atoms with Gasteiger partial charge in [0.15, 0.2) is 6.61 Å². The van der Waals surface area contributed by atoms with Crippen LogP contribution in [0.1, 0.15) is 11.1 Å². The molecule has 0 saturated heterocycles. The van der Waals surface area contributed by atoms with Crippen LogP contribution in [0.25, 0.3) is 0 Å². The first-order chi connectivity index (χ1) is 11.1. The summed E-state index contributed by atoms with van der Waals surface area (Å²) in [4.78, 5) is 16.5. The quantitative estimate of drug-likeness (QED) is 0.633. The molecule has 0 atom stereocenters. The highest BCUT2D eigenvalue weighted by molar-refractivity contribution is 6.43. The van der Waals surface area contributed by atoms with Gasteiger partial charge in [-0.05, 0) is 23.8 Å². The second kappa shape index (κ2) is 8.50. The second-order valence-electron chi connectivity index (χ2n) is 4.55. The zero-order valence-electron chi connectivity index (χ0n) is 11.9. The summed E-state index contributed by atoms with van der Waals surface area (Å²) in [7, 11) is 0. The molecule has 0 aliphatic carbocycles. The van der Waals surface area contributed by atoms with Gasteiger partial charge in [-0.1, -0.05) is 52.6 Å². The van der Waals surface area contributed by atoms with Gasteiger partial charge in [0.2, 0.25) is 0 Å². The van der Waals surface area contributed by atoms with Crippen LogP contribution in [0.15, 0.2) is 47.6 Å². The Bertz CT molecular complexity index is 706. The lowest BCUT2D eigenvalue weighted by atomic mass is 10.2. The molecule has 2 rings (SSSR count). The predicted octanol–water partition coefficient (Wildman–Crippen LogP) is 3.80. The lowest BCUT2D eigenvalue weighted by Crippen LogP contribution is -2.26. The lowest BCUT2D eigenvalue weighted by Gasteiger charge is -2.04. The summed E-state index contributed by atoms with van der Waals surface area (Å²) in [6.07, 6.45) is 1.38. The molecular formula is C16H13Cl2FN2O2. The number of rotatable bonds is 6. The van der Waals surface area contributed by atoms with Crippen molar-refractivity contribution in [2.75, 3.05) is 6.61 Å². The van der Waals surface area contributed by atoms with E-state index in [1.54, 1.807) is 30.3 Å². The zero-order chi connectivity index (χ0) is 16.7. The smallest absolute Gasteiger partial charge is 0.261 e. The number of halogens is 3. The molecule has 0 fully saturated rings. The van der Waals surface area contributed by atoms with E-state index in [9.17, 15) is 9.18 Å². The third-order valence-electron chi connectivity index (χ3n) is 2.85. The average molecular weight is 355 g/mol. The lowest BCUT2D eigenvalue weighted by molar-refractivity contribution is -0.125. The number of nitrogens with zero attached hydrogens (tertiary/aromatic N) is 1. The van der Waals surface area contributed by atoms with Crippen molar-refractivity contribution in [3.8, 4) is 0 Å². The molecule has 1 N–H and O–H groups in total. The van der Waals surface area contributed by atoms with Crippen molar-refractivity contribution < 1.29 is 14.0 Å². The Balaban J connectivity index is 1.75. The minimum atomic E-state index is -0.344.